The van der Waals surface area contributed by atoms with Crippen LogP contribution in [-0.2, 0) is 9.59 Å². The van der Waals surface area contributed by atoms with Crippen molar-refractivity contribution >= 4 is 29.1 Å². The van der Waals surface area contributed by atoms with Crippen LogP contribution in [0.15, 0.2) is 54.0 Å². The Hall–Kier alpha value is -3.80. The Morgan fingerprint density at radius 1 is 1.09 bits per heavy atom. The van der Waals surface area contributed by atoms with E-state index in [9.17, 15) is 19.5 Å². The molecular weight excluding hydrogens is 602 g/mol. The summed E-state index contributed by atoms with van der Waals surface area (Å²) in [6.07, 6.45) is 1.15. The number of aliphatic hydroxyl groups is 1. The summed E-state index contributed by atoms with van der Waals surface area (Å²) in [5, 5.41) is 19.9. The number of ether oxygens (including phenoxy) is 1. The molecule has 2 saturated heterocycles. The molecule has 0 spiro atoms. The minimum absolute atomic E-state index is 0.0101. The topological polar surface area (TPSA) is 133 Å². The van der Waals surface area contributed by atoms with Gasteiger partial charge in [0, 0.05) is 18.5 Å². The first kappa shape index (κ1) is 33.6. The van der Waals surface area contributed by atoms with Crippen LogP contribution >= 0.6 is 11.3 Å². The minimum atomic E-state index is -0.935. The highest BCUT2D eigenvalue weighted by molar-refractivity contribution is 7.13. The Bertz CT molecular complexity index is 1530. The predicted molar refractivity (Wildman–Crippen MR) is 179 cm³/mol. The highest BCUT2D eigenvalue weighted by Gasteiger charge is 2.44. The van der Waals surface area contributed by atoms with Gasteiger partial charge in [0.15, 0.2) is 0 Å². The van der Waals surface area contributed by atoms with E-state index >= 15 is 0 Å². The average Bonchev–Trinajstić information content (AvgIpc) is 3.64. The molecule has 3 heterocycles. The molecule has 3 aromatic rings. The largest absolute Gasteiger partial charge is 0.490 e. The van der Waals surface area contributed by atoms with Gasteiger partial charge in [0.05, 0.1) is 28.2 Å². The lowest BCUT2D eigenvalue weighted by Gasteiger charge is -2.35. The first-order valence-electron chi connectivity index (χ1n) is 16.0. The van der Waals surface area contributed by atoms with Crippen molar-refractivity contribution in [1.82, 2.24) is 25.8 Å². The molecule has 246 valence electrons. The molecule has 2 aromatic carbocycles. The number of thiazole rings is 1. The van der Waals surface area contributed by atoms with Gasteiger partial charge in [-0.3, -0.25) is 14.4 Å². The second-order valence-corrected chi connectivity index (χ2v) is 14.2. The van der Waals surface area contributed by atoms with Crippen LogP contribution in [-0.4, -0.2) is 76.6 Å². The summed E-state index contributed by atoms with van der Waals surface area (Å²) in [4.78, 5) is 48.0. The van der Waals surface area contributed by atoms with Crippen LogP contribution in [0.3, 0.4) is 0 Å². The van der Waals surface area contributed by atoms with E-state index in [1.807, 2.05) is 70.5 Å². The normalized spacial score (nSPS) is 20.2. The smallest absolute Gasteiger partial charge is 0.252 e. The fourth-order valence-corrected chi connectivity index (χ4v) is 6.86. The maximum atomic E-state index is 14.1. The van der Waals surface area contributed by atoms with Gasteiger partial charge in [-0.15, -0.1) is 11.3 Å². The molecule has 4 N–H and O–H groups in total. The zero-order chi connectivity index (χ0) is 33.0. The van der Waals surface area contributed by atoms with Crippen LogP contribution in [0.2, 0.25) is 0 Å². The first-order chi connectivity index (χ1) is 21.9. The number of benzene rings is 2. The van der Waals surface area contributed by atoms with Gasteiger partial charge in [-0.1, -0.05) is 51.1 Å². The molecule has 0 aliphatic carbocycles. The SMILES string of the molecule is Cc1ncsc1-c1ccc([C@H](C)NC(=O)[C@@H]2C[C@@H](O)CN2C(=O)C(NC(=O)c2cccc(OC3CCNCC3)c2)C(C)(C)C)cc1. The van der Waals surface area contributed by atoms with Crippen molar-refractivity contribution in [3.8, 4) is 16.2 Å². The summed E-state index contributed by atoms with van der Waals surface area (Å²) in [6, 6.07) is 12.8. The summed E-state index contributed by atoms with van der Waals surface area (Å²) in [5.41, 5.74) is 4.49. The molecule has 5 rings (SSSR count). The number of hydrogen-bond acceptors (Lipinski definition) is 8. The van der Waals surface area contributed by atoms with Crippen molar-refractivity contribution in [3.05, 3.63) is 70.9 Å². The zero-order valence-electron chi connectivity index (χ0n) is 27.2. The molecule has 0 radical (unpaired) electrons. The second-order valence-electron chi connectivity index (χ2n) is 13.4. The lowest BCUT2D eigenvalue weighted by Crippen LogP contribution is -2.57. The third kappa shape index (κ3) is 7.94. The molecule has 2 fully saturated rings. The van der Waals surface area contributed by atoms with E-state index in [2.05, 4.69) is 20.9 Å². The predicted octanol–water partition coefficient (Wildman–Crippen LogP) is 4.23. The number of rotatable bonds is 9. The number of likely N-dealkylation sites (tertiary alicyclic amines) is 1. The van der Waals surface area contributed by atoms with E-state index in [0.29, 0.717) is 11.3 Å². The lowest BCUT2D eigenvalue weighted by molar-refractivity contribution is -0.142. The van der Waals surface area contributed by atoms with Crippen LogP contribution in [0.5, 0.6) is 5.75 Å². The van der Waals surface area contributed by atoms with Gasteiger partial charge in [0.1, 0.15) is 23.9 Å². The van der Waals surface area contributed by atoms with Gasteiger partial charge in [0.2, 0.25) is 11.8 Å². The number of aromatic nitrogens is 1. The van der Waals surface area contributed by atoms with Crippen molar-refractivity contribution in [1.29, 1.82) is 0 Å². The lowest BCUT2D eigenvalue weighted by atomic mass is 9.85. The number of nitrogens with zero attached hydrogens (tertiary/aromatic N) is 2. The van der Waals surface area contributed by atoms with Crippen LogP contribution in [0.25, 0.3) is 10.4 Å². The van der Waals surface area contributed by atoms with Crippen LogP contribution < -0.4 is 20.7 Å². The monoisotopic (exact) mass is 647 g/mol. The van der Waals surface area contributed by atoms with Gasteiger partial charge < -0.3 is 30.7 Å². The number of aryl methyl sites for hydroxylation is 1. The number of carbonyl (C=O) groups is 3. The molecule has 0 bridgehead atoms. The second kappa shape index (κ2) is 14.3. The highest BCUT2D eigenvalue weighted by atomic mass is 32.1. The van der Waals surface area contributed by atoms with Gasteiger partial charge >= 0.3 is 0 Å². The fourth-order valence-electron chi connectivity index (χ4n) is 6.05. The van der Waals surface area contributed by atoms with Gasteiger partial charge in [-0.25, -0.2) is 4.98 Å². The van der Waals surface area contributed by atoms with Crippen molar-refractivity contribution in [3.63, 3.8) is 0 Å². The van der Waals surface area contributed by atoms with Crippen LogP contribution in [0, 0.1) is 12.3 Å². The summed E-state index contributed by atoms with van der Waals surface area (Å²) in [6.45, 7) is 11.3. The molecule has 4 atom stereocenters. The Morgan fingerprint density at radius 3 is 2.46 bits per heavy atom. The van der Waals surface area contributed by atoms with Crippen molar-refractivity contribution < 1.29 is 24.2 Å². The average molecular weight is 648 g/mol. The summed E-state index contributed by atoms with van der Waals surface area (Å²) < 4.78 is 6.12. The summed E-state index contributed by atoms with van der Waals surface area (Å²) in [5.74, 6) is -0.548. The summed E-state index contributed by atoms with van der Waals surface area (Å²) >= 11 is 1.58. The Morgan fingerprint density at radius 2 is 1.80 bits per heavy atom. The fraction of sp³-hybridized carbons (Fsp3) is 0.486. The summed E-state index contributed by atoms with van der Waals surface area (Å²) in [7, 11) is 0. The molecule has 46 heavy (non-hydrogen) atoms. The number of hydrogen-bond donors (Lipinski definition) is 4. The molecule has 2 aliphatic heterocycles. The van der Waals surface area contributed by atoms with E-state index in [1.54, 1.807) is 29.5 Å². The van der Waals surface area contributed by atoms with E-state index in [-0.39, 0.29) is 31.0 Å². The Labute approximate surface area is 274 Å². The van der Waals surface area contributed by atoms with Crippen LogP contribution in [0.1, 0.15) is 74.6 Å². The number of aliphatic hydroxyl groups excluding tert-OH is 1. The molecule has 10 nitrogen and oxygen atoms in total. The molecular formula is C35H45N5O5S. The van der Waals surface area contributed by atoms with Gasteiger partial charge in [0.25, 0.3) is 5.91 Å². The van der Waals surface area contributed by atoms with E-state index in [4.69, 9.17) is 4.74 Å². The van der Waals surface area contributed by atoms with Crippen LogP contribution in [0.4, 0.5) is 0 Å². The number of nitrogens with one attached hydrogen (secondary N) is 3. The molecule has 2 aliphatic rings. The molecule has 1 unspecified atom stereocenters. The highest BCUT2D eigenvalue weighted by Crippen LogP contribution is 2.30. The zero-order valence-corrected chi connectivity index (χ0v) is 28.0. The first-order valence-corrected chi connectivity index (χ1v) is 16.9. The number of amides is 3. The minimum Gasteiger partial charge on any atom is -0.490 e. The maximum absolute atomic E-state index is 14.1. The van der Waals surface area contributed by atoms with E-state index in [0.717, 1.165) is 47.6 Å². The number of piperidine rings is 1. The van der Waals surface area contributed by atoms with Gasteiger partial charge in [-0.05, 0) is 74.5 Å². The standard InChI is InChI=1S/C35H45N5O5S/c1-21(23-9-11-24(12-10-23)30-22(2)37-20-46-30)38-33(43)29-18-26(41)19-40(29)34(44)31(35(3,4)5)39-32(42)25-7-6-8-28(17-25)45-27-13-15-36-16-14-27/h6-12,17,20-21,26-27,29,31,36,41H,13-16,18-19H2,1-5H3,(H,38,43)(H,39,42)/t21-,26+,29-,31?/m0/s1. The Balaban J connectivity index is 1.26. The third-order valence-electron chi connectivity index (χ3n) is 8.72. The molecule has 3 amide bonds. The third-order valence-corrected chi connectivity index (χ3v) is 9.69. The Kier molecular flexibility index (Phi) is 10.4. The maximum Gasteiger partial charge on any atom is 0.252 e. The molecule has 11 heteroatoms. The van der Waals surface area contributed by atoms with E-state index < -0.39 is 35.4 Å². The van der Waals surface area contributed by atoms with Crippen molar-refractivity contribution in [2.24, 2.45) is 5.41 Å². The van der Waals surface area contributed by atoms with Gasteiger partial charge in [-0.2, -0.15) is 0 Å². The number of β-amino-alcohol motifs (C(OH)–C–C–N with tert-alkyl or cyclic N) is 1. The van der Waals surface area contributed by atoms with Crippen molar-refractivity contribution in [2.75, 3.05) is 19.6 Å². The molecule has 1 aromatic heterocycles. The quantitative estimate of drug-likeness (QED) is 0.273. The molecule has 0 saturated carbocycles. The van der Waals surface area contributed by atoms with E-state index in [1.165, 1.54) is 4.90 Å². The number of carbonyl (C=O) groups excluding carboxylic acids is 3. The van der Waals surface area contributed by atoms with Crippen molar-refractivity contribution in [2.45, 2.75) is 84.2 Å².